The van der Waals surface area contributed by atoms with Gasteiger partial charge in [-0.3, -0.25) is 9.59 Å². The summed E-state index contributed by atoms with van der Waals surface area (Å²) >= 11 is 5.94. The Bertz CT molecular complexity index is 699. The minimum atomic E-state index is -0.779. The van der Waals surface area contributed by atoms with E-state index in [1.54, 1.807) is 12.1 Å². The third-order valence-corrected chi connectivity index (χ3v) is 3.33. The molecule has 2 aromatic carbocycles. The number of nitrogens with two attached hydrogens (primary N) is 1. The molecule has 4 N–H and O–H groups in total. The Morgan fingerprint density at radius 1 is 1.09 bits per heavy atom. The van der Waals surface area contributed by atoms with E-state index < -0.39 is 11.8 Å². The Labute approximate surface area is 133 Å². The van der Waals surface area contributed by atoms with Crippen molar-refractivity contribution in [2.24, 2.45) is 0 Å². The summed E-state index contributed by atoms with van der Waals surface area (Å²) in [6.45, 7) is 2.26. The first-order chi connectivity index (χ1) is 10.5. The highest BCUT2D eigenvalue weighted by atomic mass is 35.5. The minimum Gasteiger partial charge on any atom is -0.399 e. The van der Waals surface area contributed by atoms with Gasteiger partial charge in [-0.1, -0.05) is 41.4 Å². The second-order valence-electron chi connectivity index (χ2n) is 4.86. The summed E-state index contributed by atoms with van der Waals surface area (Å²) in [4.78, 5) is 23.6. The summed E-state index contributed by atoms with van der Waals surface area (Å²) in [7, 11) is 0. The topological polar surface area (TPSA) is 84.2 Å². The SMILES string of the molecule is Cc1ccc(CNC(=O)C(=O)Nc2ccc(N)cc2Cl)cc1. The molecule has 0 bridgehead atoms. The van der Waals surface area contributed by atoms with E-state index in [0.29, 0.717) is 11.4 Å². The zero-order valence-electron chi connectivity index (χ0n) is 12.0. The fourth-order valence-electron chi connectivity index (χ4n) is 1.78. The van der Waals surface area contributed by atoms with Gasteiger partial charge in [-0.25, -0.2) is 0 Å². The molecule has 114 valence electrons. The second kappa shape index (κ2) is 6.95. The van der Waals surface area contributed by atoms with Crippen LogP contribution < -0.4 is 16.4 Å². The number of carbonyl (C=O) groups is 2. The Kier molecular flexibility index (Phi) is 5.01. The molecule has 22 heavy (non-hydrogen) atoms. The number of aryl methyl sites for hydroxylation is 1. The van der Waals surface area contributed by atoms with Crippen molar-refractivity contribution in [3.63, 3.8) is 0 Å². The van der Waals surface area contributed by atoms with E-state index in [2.05, 4.69) is 10.6 Å². The van der Waals surface area contributed by atoms with Gasteiger partial charge in [-0.15, -0.1) is 0 Å². The van der Waals surface area contributed by atoms with Crippen molar-refractivity contribution < 1.29 is 9.59 Å². The third-order valence-electron chi connectivity index (χ3n) is 3.02. The van der Waals surface area contributed by atoms with E-state index in [4.69, 9.17) is 17.3 Å². The molecular weight excluding hydrogens is 302 g/mol. The number of amides is 2. The van der Waals surface area contributed by atoms with Crippen LogP contribution in [-0.4, -0.2) is 11.8 Å². The lowest BCUT2D eigenvalue weighted by molar-refractivity contribution is -0.136. The van der Waals surface area contributed by atoms with Gasteiger partial charge in [-0.05, 0) is 30.7 Å². The summed E-state index contributed by atoms with van der Waals surface area (Å²) < 4.78 is 0. The van der Waals surface area contributed by atoms with Crippen molar-refractivity contribution in [1.29, 1.82) is 0 Å². The van der Waals surface area contributed by atoms with Gasteiger partial charge in [0.1, 0.15) is 0 Å². The second-order valence-corrected chi connectivity index (χ2v) is 5.27. The smallest absolute Gasteiger partial charge is 0.313 e. The highest BCUT2D eigenvalue weighted by molar-refractivity contribution is 6.41. The zero-order chi connectivity index (χ0) is 16.1. The van der Waals surface area contributed by atoms with Crippen LogP contribution in [0.3, 0.4) is 0 Å². The maximum absolute atomic E-state index is 11.8. The van der Waals surface area contributed by atoms with Gasteiger partial charge < -0.3 is 16.4 Å². The predicted octanol–water partition coefficient (Wildman–Crippen LogP) is 2.49. The molecule has 0 heterocycles. The monoisotopic (exact) mass is 317 g/mol. The standard InChI is InChI=1S/C16H16ClN3O2/c1-10-2-4-11(5-3-10)9-19-15(21)16(22)20-14-7-6-12(18)8-13(14)17/h2-8H,9,18H2,1H3,(H,19,21)(H,20,22). The van der Waals surface area contributed by atoms with Crippen LogP contribution in [0.25, 0.3) is 0 Å². The molecule has 0 saturated carbocycles. The van der Waals surface area contributed by atoms with Gasteiger partial charge in [0.05, 0.1) is 10.7 Å². The fraction of sp³-hybridized carbons (Fsp3) is 0.125. The summed E-state index contributed by atoms with van der Waals surface area (Å²) in [6.07, 6.45) is 0. The maximum Gasteiger partial charge on any atom is 0.313 e. The molecule has 0 aliphatic carbocycles. The molecule has 0 fully saturated rings. The number of carbonyl (C=O) groups excluding carboxylic acids is 2. The van der Waals surface area contributed by atoms with Crippen LogP contribution >= 0.6 is 11.6 Å². The maximum atomic E-state index is 11.8. The zero-order valence-corrected chi connectivity index (χ0v) is 12.8. The first-order valence-corrected chi connectivity index (χ1v) is 7.03. The van der Waals surface area contributed by atoms with Crippen molar-refractivity contribution in [3.8, 4) is 0 Å². The molecular formula is C16H16ClN3O2. The van der Waals surface area contributed by atoms with Crippen LogP contribution in [0.15, 0.2) is 42.5 Å². The molecule has 0 aliphatic rings. The average molecular weight is 318 g/mol. The van der Waals surface area contributed by atoms with Crippen LogP contribution in [0.4, 0.5) is 11.4 Å². The van der Waals surface area contributed by atoms with Gasteiger partial charge in [-0.2, -0.15) is 0 Å². The van der Waals surface area contributed by atoms with Gasteiger partial charge in [0.25, 0.3) is 0 Å². The normalized spacial score (nSPS) is 10.1. The van der Waals surface area contributed by atoms with Crippen molar-refractivity contribution >= 4 is 34.8 Å². The molecule has 5 nitrogen and oxygen atoms in total. The number of halogens is 1. The van der Waals surface area contributed by atoms with Gasteiger partial charge in [0, 0.05) is 12.2 Å². The lowest BCUT2D eigenvalue weighted by atomic mass is 10.1. The van der Waals surface area contributed by atoms with E-state index in [1.807, 2.05) is 31.2 Å². The van der Waals surface area contributed by atoms with Gasteiger partial charge in [0.15, 0.2) is 0 Å². The Morgan fingerprint density at radius 3 is 2.41 bits per heavy atom. The molecule has 0 radical (unpaired) electrons. The van der Waals surface area contributed by atoms with Crippen molar-refractivity contribution in [3.05, 3.63) is 58.6 Å². The summed E-state index contributed by atoms with van der Waals surface area (Å²) in [5.41, 5.74) is 8.43. The fourth-order valence-corrected chi connectivity index (χ4v) is 2.02. The molecule has 0 saturated heterocycles. The number of nitrogens with one attached hydrogen (secondary N) is 2. The molecule has 0 unspecified atom stereocenters. The number of hydrogen-bond acceptors (Lipinski definition) is 3. The number of benzene rings is 2. The van der Waals surface area contributed by atoms with E-state index in [9.17, 15) is 9.59 Å². The van der Waals surface area contributed by atoms with Crippen LogP contribution in [0.5, 0.6) is 0 Å². The average Bonchev–Trinajstić information content (AvgIpc) is 2.49. The molecule has 0 spiro atoms. The molecule has 2 amide bonds. The van der Waals surface area contributed by atoms with Crippen LogP contribution in [-0.2, 0) is 16.1 Å². The lowest BCUT2D eigenvalue weighted by Gasteiger charge is -2.08. The first-order valence-electron chi connectivity index (χ1n) is 6.65. The number of rotatable bonds is 3. The highest BCUT2D eigenvalue weighted by Crippen LogP contribution is 2.23. The number of nitrogen functional groups attached to an aromatic ring is 1. The molecule has 0 aliphatic heterocycles. The third kappa shape index (κ3) is 4.23. The predicted molar refractivity (Wildman–Crippen MR) is 87.5 cm³/mol. The molecule has 0 aromatic heterocycles. The van der Waals surface area contributed by atoms with E-state index in [-0.39, 0.29) is 11.6 Å². The minimum absolute atomic E-state index is 0.277. The van der Waals surface area contributed by atoms with E-state index >= 15 is 0 Å². The van der Waals surface area contributed by atoms with Gasteiger partial charge >= 0.3 is 11.8 Å². The van der Waals surface area contributed by atoms with Crippen molar-refractivity contribution in [2.75, 3.05) is 11.1 Å². The molecule has 0 atom stereocenters. The molecule has 2 aromatic rings. The van der Waals surface area contributed by atoms with Crippen molar-refractivity contribution in [1.82, 2.24) is 5.32 Å². The van der Waals surface area contributed by atoms with Crippen LogP contribution in [0.2, 0.25) is 5.02 Å². The lowest BCUT2D eigenvalue weighted by Crippen LogP contribution is -2.35. The van der Waals surface area contributed by atoms with Crippen LogP contribution in [0, 0.1) is 6.92 Å². The number of hydrogen-bond donors (Lipinski definition) is 3. The highest BCUT2D eigenvalue weighted by Gasteiger charge is 2.14. The Hall–Kier alpha value is -2.53. The first kappa shape index (κ1) is 15.9. The van der Waals surface area contributed by atoms with Gasteiger partial charge in [0.2, 0.25) is 0 Å². The summed E-state index contributed by atoms with van der Waals surface area (Å²) in [5, 5.41) is 5.27. The largest absolute Gasteiger partial charge is 0.399 e. The van der Waals surface area contributed by atoms with Crippen LogP contribution in [0.1, 0.15) is 11.1 Å². The summed E-state index contributed by atoms with van der Waals surface area (Å²) in [6, 6.07) is 12.3. The molecule has 2 rings (SSSR count). The Morgan fingerprint density at radius 2 is 1.77 bits per heavy atom. The summed E-state index contributed by atoms with van der Waals surface area (Å²) in [5.74, 6) is -1.51. The van der Waals surface area contributed by atoms with Crippen molar-refractivity contribution in [2.45, 2.75) is 13.5 Å². The van der Waals surface area contributed by atoms with E-state index in [1.165, 1.54) is 6.07 Å². The Balaban J connectivity index is 1.92. The molecule has 6 heteroatoms. The number of anilines is 2. The quantitative estimate of drug-likeness (QED) is 0.600. The van der Waals surface area contributed by atoms with E-state index in [0.717, 1.165) is 11.1 Å².